The number of thiophene rings is 1. The van der Waals surface area contributed by atoms with Crippen LogP contribution in [0.3, 0.4) is 0 Å². The Bertz CT molecular complexity index is 969. The number of imidazole rings is 1. The lowest BCUT2D eigenvalue weighted by atomic mass is 10.0. The summed E-state index contributed by atoms with van der Waals surface area (Å²) in [6.07, 6.45) is 2.57. The molecule has 0 aliphatic carbocycles. The minimum atomic E-state index is 0.480. The summed E-state index contributed by atoms with van der Waals surface area (Å²) in [6, 6.07) is 10.9. The van der Waals surface area contributed by atoms with Crippen molar-refractivity contribution in [2.75, 3.05) is 11.9 Å². The van der Waals surface area contributed by atoms with Crippen molar-refractivity contribution >= 4 is 28.5 Å². The van der Waals surface area contributed by atoms with Crippen LogP contribution in [0.5, 0.6) is 0 Å². The predicted octanol–water partition coefficient (Wildman–Crippen LogP) is 5.06. The zero-order valence-corrected chi connectivity index (χ0v) is 15.1. The van der Waals surface area contributed by atoms with Gasteiger partial charge in [0.15, 0.2) is 5.58 Å². The zero-order chi connectivity index (χ0) is 17.2. The number of hydrogen-bond acceptors (Lipinski definition) is 5. The predicted molar refractivity (Wildman–Crippen MR) is 102 cm³/mol. The molecule has 128 valence electrons. The van der Waals surface area contributed by atoms with Crippen molar-refractivity contribution in [1.29, 1.82) is 0 Å². The number of benzene rings is 1. The van der Waals surface area contributed by atoms with Gasteiger partial charge < -0.3 is 14.7 Å². The summed E-state index contributed by atoms with van der Waals surface area (Å²) in [5.41, 5.74) is 5.12. The molecule has 0 bridgehead atoms. The number of aromatic nitrogens is 3. The molecule has 0 amide bonds. The molecule has 5 nitrogen and oxygen atoms in total. The van der Waals surface area contributed by atoms with Crippen molar-refractivity contribution in [2.24, 2.45) is 0 Å². The lowest BCUT2D eigenvalue weighted by Crippen LogP contribution is -2.05. The van der Waals surface area contributed by atoms with E-state index in [0.717, 1.165) is 35.5 Å². The zero-order valence-electron chi connectivity index (χ0n) is 14.2. The van der Waals surface area contributed by atoms with E-state index in [1.807, 2.05) is 12.1 Å². The van der Waals surface area contributed by atoms with Crippen molar-refractivity contribution in [2.45, 2.75) is 26.2 Å². The van der Waals surface area contributed by atoms with Gasteiger partial charge in [-0.1, -0.05) is 26.0 Å². The number of H-pyrrole nitrogens is 1. The number of nitrogens with one attached hydrogen (secondary N) is 2. The fourth-order valence-corrected chi connectivity index (χ4v) is 3.56. The Morgan fingerprint density at radius 2 is 2.20 bits per heavy atom. The van der Waals surface area contributed by atoms with E-state index in [4.69, 9.17) is 4.42 Å². The Morgan fingerprint density at radius 3 is 3.00 bits per heavy atom. The molecule has 0 unspecified atom stereocenters. The summed E-state index contributed by atoms with van der Waals surface area (Å²) in [5, 5.41) is 5.34. The van der Waals surface area contributed by atoms with Crippen LogP contribution < -0.4 is 5.32 Å². The van der Waals surface area contributed by atoms with Crippen LogP contribution in [0.25, 0.3) is 21.7 Å². The smallest absolute Gasteiger partial charge is 0.295 e. The third-order valence-corrected chi connectivity index (χ3v) is 5.08. The molecule has 3 heterocycles. The van der Waals surface area contributed by atoms with E-state index in [9.17, 15) is 0 Å². The highest BCUT2D eigenvalue weighted by Gasteiger charge is 2.11. The molecule has 0 aliphatic heterocycles. The highest BCUT2D eigenvalue weighted by Crippen LogP contribution is 2.26. The van der Waals surface area contributed by atoms with E-state index in [1.165, 1.54) is 10.4 Å². The third-order valence-electron chi connectivity index (χ3n) is 4.20. The molecule has 0 atom stereocenters. The van der Waals surface area contributed by atoms with E-state index < -0.39 is 0 Å². The second-order valence-corrected chi connectivity index (χ2v) is 7.23. The Morgan fingerprint density at radius 1 is 1.28 bits per heavy atom. The number of oxazole rings is 1. The molecule has 6 heteroatoms. The second kappa shape index (κ2) is 6.72. The first-order valence-corrected chi connectivity index (χ1v) is 9.29. The Kier molecular flexibility index (Phi) is 4.28. The van der Waals surface area contributed by atoms with E-state index in [2.05, 4.69) is 57.7 Å². The molecule has 25 heavy (non-hydrogen) atoms. The van der Waals surface area contributed by atoms with Crippen LogP contribution in [-0.4, -0.2) is 21.5 Å². The molecular weight excluding hydrogens is 332 g/mol. The summed E-state index contributed by atoms with van der Waals surface area (Å²) in [4.78, 5) is 13.4. The maximum Gasteiger partial charge on any atom is 0.295 e. The minimum Gasteiger partial charge on any atom is -0.424 e. The van der Waals surface area contributed by atoms with Gasteiger partial charge in [0.2, 0.25) is 0 Å². The van der Waals surface area contributed by atoms with Gasteiger partial charge in [0.05, 0.1) is 11.2 Å². The van der Waals surface area contributed by atoms with Crippen LogP contribution in [-0.2, 0) is 6.42 Å². The average molecular weight is 352 g/mol. The van der Waals surface area contributed by atoms with Gasteiger partial charge >= 0.3 is 0 Å². The molecule has 0 saturated carbocycles. The first kappa shape index (κ1) is 15.9. The summed E-state index contributed by atoms with van der Waals surface area (Å²) in [7, 11) is 0. The minimum absolute atomic E-state index is 0.480. The number of aromatic amines is 1. The largest absolute Gasteiger partial charge is 0.424 e. The van der Waals surface area contributed by atoms with Crippen LogP contribution in [0.15, 0.2) is 46.5 Å². The monoisotopic (exact) mass is 352 g/mol. The van der Waals surface area contributed by atoms with Gasteiger partial charge in [-0.05, 0) is 35.1 Å². The van der Waals surface area contributed by atoms with Crippen LogP contribution in [0.2, 0.25) is 0 Å². The topological polar surface area (TPSA) is 66.7 Å². The normalized spacial score (nSPS) is 11.5. The third kappa shape index (κ3) is 3.30. The first-order valence-electron chi connectivity index (χ1n) is 8.41. The molecule has 0 radical (unpaired) electrons. The number of anilines is 1. The van der Waals surface area contributed by atoms with Gasteiger partial charge in [-0.3, -0.25) is 0 Å². The molecular formula is C19H20N4OS. The van der Waals surface area contributed by atoms with E-state index in [-0.39, 0.29) is 0 Å². The van der Waals surface area contributed by atoms with Crippen LogP contribution in [0.4, 0.5) is 6.01 Å². The fraction of sp³-hybridized carbons (Fsp3) is 0.263. The van der Waals surface area contributed by atoms with Crippen molar-refractivity contribution < 1.29 is 4.42 Å². The van der Waals surface area contributed by atoms with Crippen molar-refractivity contribution in [3.05, 3.63) is 53.3 Å². The van der Waals surface area contributed by atoms with E-state index >= 15 is 0 Å². The average Bonchev–Trinajstić information content (AvgIpc) is 3.33. The molecule has 2 N–H and O–H groups in total. The highest BCUT2D eigenvalue weighted by molar-refractivity contribution is 7.13. The van der Waals surface area contributed by atoms with Gasteiger partial charge in [-0.2, -0.15) is 4.98 Å². The van der Waals surface area contributed by atoms with Gasteiger partial charge in [0.25, 0.3) is 6.01 Å². The van der Waals surface area contributed by atoms with Crippen LogP contribution >= 0.6 is 11.3 Å². The number of fused-ring (bicyclic) bond motifs is 1. The summed E-state index contributed by atoms with van der Waals surface area (Å²) >= 11 is 1.70. The second-order valence-electron chi connectivity index (χ2n) is 6.28. The Labute approximate surface area is 150 Å². The van der Waals surface area contributed by atoms with Crippen LogP contribution in [0.1, 0.15) is 31.0 Å². The van der Waals surface area contributed by atoms with Crippen molar-refractivity contribution in [3.63, 3.8) is 0 Å². The molecule has 1 aromatic carbocycles. The van der Waals surface area contributed by atoms with Crippen molar-refractivity contribution in [1.82, 2.24) is 15.0 Å². The van der Waals surface area contributed by atoms with Crippen LogP contribution in [0, 0.1) is 0 Å². The molecule has 0 saturated heterocycles. The first-order chi connectivity index (χ1) is 12.2. The SMILES string of the molecule is CC(C)c1ccc2oc(NCCc3[nH]cnc3-c3cccs3)nc2c1. The number of rotatable bonds is 6. The number of nitrogens with zero attached hydrogens (tertiary/aromatic N) is 2. The lowest BCUT2D eigenvalue weighted by molar-refractivity contribution is 0.614. The molecule has 4 rings (SSSR count). The molecule has 0 spiro atoms. The highest BCUT2D eigenvalue weighted by atomic mass is 32.1. The molecule has 3 aromatic heterocycles. The summed E-state index contributed by atoms with van der Waals surface area (Å²) in [5.74, 6) is 0.480. The summed E-state index contributed by atoms with van der Waals surface area (Å²) < 4.78 is 5.78. The van der Waals surface area contributed by atoms with E-state index in [0.29, 0.717) is 11.9 Å². The van der Waals surface area contributed by atoms with Gasteiger partial charge in [-0.25, -0.2) is 4.98 Å². The Hall–Kier alpha value is -2.60. The number of hydrogen-bond donors (Lipinski definition) is 2. The maximum absolute atomic E-state index is 5.78. The fourth-order valence-electron chi connectivity index (χ4n) is 2.81. The van der Waals surface area contributed by atoms with Gasteiger partial charge in [0.1, 0.15) is 11.2 Å². The quantitative estimate of drug-likeness (QED) is 0.509. The van der Waals surface area contributed by atoms with Gasteiger partial charge in [-0.15, -0.1) is 11.3 Å². The lowest BCUT2D eigenvalue weighted by Gasteiger charge is -2.02. The molecule has 0 aliphatic rings. The van der Waals surface area contributed by atoms with E-state index in [1.54, 1.807) is 17.7 Å². The van der Waals surface area contributed by atoms with Gasteiger partial charge in [0, 0.05) is 18.7 Å². The van der Waals surface area contributed by atoms with Crippen molar-refractivity contribution in [3.8, 4) is 10.6 Å². The molecule has 0 fully saturated rings. The Balaban J connectivity index is 1.44. The standard InChI is InChI=1S/C19H20N4OS/c1-12(2)13-5-6-16-15(10-13)23-19(24-16)20-8-7-14-18(22-11-21-14)17-4-3-9-25-17/h3-6,9-12H,7-8H2,1-2H3,(H,20,23)(H,21,22). The maximum atomic E-state index is 5.78. The molecule has 4 aromatic rings. The summed E-state index contributed by atoms with van der Waals surface area (Å²) in [6.45, 7) is 5.08.